The molecule has 0 atom stereocenters. The highest BCUT2D eigenvalue weighted by Crippen LogP contribution is 2.24. The maximum Gasteiger partial charge on any atom is 0.340 e. The lowest BCUT2D eigenvalue weighted by atomic mass is 10.1. The number of hydrogen-bond acceptors (Lipinski definition) is 7. The van der Waals surface area contributed by atoms with Gasteiger partial charge < -0.3 is 14.6 Å². The fourth-order valence-electron chi connectivity index (χ4n) is 2.46. The number of benzene rings is 2. The van der Waals surface area contributed by atoms with Gasteiger partial charge in [0, 0.05) is 18.2 Å². The molecule has 148 valence electrons. The summed E-state index contributed by atoms with van der Waals surface area (Å²) in [6.45, 7) is 1.62. The molecule has 0 saturated heterocycles. The SMILES string of the molecule is Cc1cc(COC(=O)c2ccccc2NC(=O)c2ccc([N+](=O)[O-])cc2Cl)on1. The first-order chi connectivity index (χ1) is 13.8. The maximum atomic E-state index is 12.5. The van der Waals surface area contributed by atoms with Gasteiger partial charge in [-0.15, -0.1) is 0 Å². The average Bonchev–Trinajstić information content (AvgIpc) is 3.11. The van der Waals surface area contributed by atoms with Crippen LogP contribution in [0.25, 0.3) is 0 Å². The van der Waals surface area contributed by atoms with Gasteiger partial charge in [-0.2, -0.15) is 0 Å². The summed E-state index contributed by atoms with van der Waals surface area (Å²) in [6.07, 6.45) is 0. The minimum absolute atomic E-state index is 0.0255. The molecule has 1 amide bonds. The second-order valence-electron chi connectivity index (χ2n) is 5.93. The number of esters is 1. The van der Waals surface area contributed by atoms with E-state index < -0.39 is 16.8 Å². The molecule has 1 aromatic heterocycles. The lowest BCUT2D eigenvalue weighted by Gasteiger charge is -2.11. The number of aryl methyl sites for hydroxylation is 1. The van der Waals surface area contributed by atoms with Gasteiger partial charge in [0.05, 0.1) is 32.5 Å². The van der Waals surface area contributed by atoms with Crippen LogP contribution in [0.1, 0.15) is 32.2 Å². The molecule has 0 unspecified atom stereocenters. The zero-order valence-corrected chi connectivity index (χ0v) is 15.8. The quantitative estimate of drug-likeness (QED) is 0.364. The van der Waals surface area contributed by atoms with Gasteiger partial charge in [-0.25, -0.2) is 4.79 Å². The van der Waals surface area contributed by atoms with Crippen molar-refractivity contribution in [2.24, 2.45) is 0 Å². The summed E-state index contributed by atoms with van der Waals surface area (Å²) in [7, 11) is 0. The van der Waals surface area contributed by atoms with Crippen molar-refractivity contribution in [3.63, 3.8) is 0 Å². The molecule has 1 N–H and O–H groups in total. The van der Waals surface area contributed by atoms with Gasteiger partial charge in [-0.1, -0.05) is 28.9 Å². The number of nitro groups is 1. The number of nitrogens with zero attached hydrogens (tertiary/aromatic N) is 2. The summed E-state index contributed by atoms with van der Waals surface area (Å²) >= 11 is 5.98. The third-order valence-corrected chi connectivity index (χ3v) is 4.14. The van der Waals surface area contributed by atoms with Crippen LogP contribution in [0.2, 0.25) is 5.02 Å². The van der Waals surface area contributed by atoms with Gasteiger partial charge in [-0.3, -0.25) is 14.9 Å². The Balaban J connectivity index is 1.75. The van der Waals surface area contributed by atoms with Crippen LogP contribution in [0.3, 0.4) is 0 Å². The summed E-state index contributed by atoms with van der Waals surface area (Å²) in [4.78, 5) is 35.1. The van der Waals surface area contributed by atoms with Crippen molar-refractivity contribution in [3.05, 3.63) is 86.2 Å². The highest BCUT2D eigenvalue weighted by molar-refractivity contribution is 6.34. The Morgan fingerprint density at radius 1 is 1.21 bits per heavy atom. The van der Waals surface area contributed by atoms with Crippen LogP contribution < -0.4 is 5.32 Å². The van der Waals surface area contributed by atoms with Crippen molar-refractivity contribution in [2.45, 2.75) is 13.5 Å². The molecule has 1 heterocycles. The molecule has 2 aromatic carbocycles. The van der Waals surface area contributed by atoms with E-state index in [0.29, 0.717) is 11.5 Å². The molecule has 0 aliphatic rings. The van der Waals surface area contributed by atoms with E-state index in [9.17, 15) is 19.7 Å². The highest BCUT2D eigenvalue weighted by atomic mass is 35.5. The monoisotopic (exact) mass is 415 g/mol. The number of nitrogens with one attached hydrogen (secondary N) is 1. The molecule has 10 heteroatoms. The molecule has 0 aliphatic carbocycles. The summed E-state index contributed by atoms with van der Waals surface area (Å²) in [5, 5.41) is 17.0. The van der Waals surface area contributed by atoms with Crippen LogP contribution in [0.15, 0.2) is 53.1 Å². The Bertz CT molecular complexity index is 1100. The van der Waals surface area contributed by atoms with Crippen LogP contribution in [0, 0.1) is 17.0 Å². The Morgan fingerprint density at radius 2 is 1.97 bits per heavy atom. The van der Waals surface area contributed by atoms with Crippen molar-refractivity contribution >= 4 is 34.9 Å². The fraction of sp³-hybridized carbons (Fsp3) is 0.105. The van der Waals surface area contributed by atoms with Crippen LogP contribution in [0.4, 0.5) is 11.4 Å². The van der Waals surface area contributed by atoms with Crippen molar-refractivity contribution in [1.82, 2.24) is 5.16 Å². The van der Waals surface area contributed by atoms with E-state index in [1.165, 1.54) is 24.3 Å². The van der Waals surface area contributed by atoms with Gasteiger partial charge in [0.1, 0.15) is 0 Å². The van der Waals surface area contributed by atoms with E-state index in [2.05, 4.69) is 10.5 Å². The molecule has 29 heavy (non-hydrogen) atoms. The van der Waals surface area contributed by atoms with Gasteiger partial charge >= 0.3 is 5.97 Å². The summed E-state index contributed by atoms with van der Waals surface area (Å²) in [6, 6.07) is 11.4. The normalized spacial score (nSPS) is 10.4. The Kier molecular flexibility index (Phi) is 5.89. The lowest BCUT2D eigenvalue weighted by molar-refractivity contribution is -0.384. The number of amides is 1. The topological polar surface area (TPSA) is 125 Å². The molecule has 0 radical (unpaired) electrons. The molecular formula is C19H14ClN3O6. The number of carbonyl (C=O) groups excluding carboxylic acids is 2. The van der Waals surface area contributed by atoms with E-state index in [0.717, 1.165) is 6.07 Å². The number of nitro benzene ring substituents is 1. The molecule has 0 spiro atoms. The lowest BCUT2D eigenvalue weighted by Crippen LogP contribution is -2.16. The van der Waals surface area contributed by atoms with Crippen molar-refractivity contribution in [1.29, 1.82) is 0 Å². The van der Waals surface area contributed by atoms with Crippen LogP contribution >= 0.6 is 11.6 Å². The standard InChI is InChI=1S/C19H14ClN3O6/c1-11-8-13(29-22-11)10-28-19(25)15-4-2-3-5-17(15)21-18(24)14-7-6-12(23(26)27)9-16(14)20/h2-9H,10H2,1H3,(H,21,24). The van der Waals surface area contributed by atoms with E-state index in [1.807, 2.05) is 0 Å². The first-order valence-electron chi connectivity index (χ1n) is 8.29. The molecule has 0 fully saturated rings. The molecule has 0 bridgehead atoms. The molecular weight excluding hydrogens is 402 g/mol. The Labute approximate surface area is 169 Å². The predicted octanol–water partition coefficient (Wildman–Crippen LogP) is 4.15. The Morgan fingerprint density at radius 3 is 2.62 bits per heavy atom. The average molecular weight is 416 g/mol. The number of aromatic nitrogens is 1. The smallest absolute Gasteiger partial charge is 0.340 e. The molecule has 3 rings (SSSR count). The number of rotatable bonds is 6. The van der Waals surface area contributed by atoms with Gasteiger partial charge in [0.15, 0.2) is 12.4 Å². The Hall–Kier alpha value is -3.72. The predicted molar refractivity (Wildman–Crippen MR) is 103 cm³/mol. The zero-order valence-electron chi connectivity index (χ0n) is 15.0. The third kappa shape index (κ3) is 4.77. The number of hydrogen-bond donors (Lipinski definition) is 1. The van der Waals surface area contributed by atoms with Gasteiger partial charge in [0.25, 0.3) is 11.6 Å². The van der Waals surface area contributed by atoms with Crippen molar-refractivity contribution < 1.29 is 23.8 Å². The fourth-order valence-corrected chi connectivity index (χ4v) is 2.72. The molecule has 3 aromatic rings. The second-order valence-corrected chi connectivity index (χ2v) is 6.34. The van der Waals surface area contributed by atoms with E-state index >= 15 is 0 Å². The minimum atomic E-state index is -0.676. The number of ether oxygens (including phenoxy) is 1. The van der Waals surface area contributed by atoms with Gasteiger partial charge in [0.2, 0.25) is 0 Å². The molecule has 9 nitrogen and oxygen atoms in total. The van der Waals surface area contributed by atoms with E-state index in [-0.39, 0.29) is 34.1 Å². The summed E-state index contributed by atoms with van der Waals surface area (Å²) in [5.41, 5.74) is 0.764. The zero-order chi connectivity index (χ0) is 21.0. The number of carbonyl (C=O) groups is 2. The number of para-hydroxylation sites is 1. The van der Waals surface area contributed by atoms with Crippen molar-refractivity contribution in [2.75, 3.05) is 5.32 Å². The maximum absolute atomic E-state index is 12.5. The number of non-ortho nitro benzene ring substituents is 1. The van der Waals surface area contributed by atoms with Crippen molar-refractivity contribution in [3.8, 4) is 0 Å². The molecule has 0 aliphatic heterocycles. The first-order valence-corrected chi connectivity index (χ1v) is 8.66. The van der Waals surface area contributed by atoms with Crippen LogP contribution in [0.5, 0.6) is 0 Å². The number of anilines is 1. The third-order valence-electron chi connectivity index (χ3n) is 3.83. The minimum Gasteiger partial charge on any atom is -0.454 e. The van der Waals surface area contributed by atoms with Crippen LogP contribution in [-0.4, -0.2) is 22.0 Å². The van der Waals surface area contributed by atoms with Gasteiger partial charge in [-0.05, 0) is 25.1 Å². The van der Waals surface area contributed by atoms with E-state index in [4.69, 9.17) is 20.9 Å². The summed E-state index contributed by atoms with van der Waals surface area (Å²) in [5.74, 6) is -0.921. The van der Waals surface area contributed by atoms with E-state index in [1.54, 1.807) is 25.1 Å². The second kappa shape index (κ2) is 8.53. The highest BCUT2D eigenvalue weighted by Gasteiger charge is 2.19. The first kappa shape index (κ1) is 20.0. The largest absolute Gasteiger partial charge is 0.454 e. The van der Waals surface area contributed by atoms with Crippen LogP contribution in [-0.2, 0) is 11.3 Å². The summed E-state index contributed by atoms with van der Waals surface area (Å²) < 4.78 is 10.2. The number of halogens is 1. The molecule has 0 saturated carbocycles.